The molecule has 3 rings (SSSR count). The highest BCUT2D eigenvalue weighted by atomic mass is 35.5. The summed E-state index contributed by atoms with van der Waals surface area (Å²) < 4.78 is 32.3. The van der Waals surface area contributed by atoms with Gasteiger partial charge in [0.1, 0.15) is 18.3 Å². The number of amides is 2. The van der Waals surface area contributed by atoms with E-state index in [-0.39, 0.29) is 36.4 Å². The van der Waals surface area contributed by atoms with Crippen LogP contribution in [0.1, 0.15) is 31.4 Å². The second-order valence-corrected chi connectivity index (χ2v) is 12.4. The number of benzene rings is 3. The fraction of sp³-hybridized carbons (Fsp3) is 0.333. The third kappa shape index (κ3) is 8.61. The van der Waals surface area contributed by atoms with Crippen molar-refractivity contribution >= 4 is 50.7 Å². The first-order valence-corrected chi connectivity index (χ1v) is 15.7. The molecule has 3 aromatic carbocycles. The Labute approximate surface area is 252 Å². The maximum atomic E-state index is 14.2. The van der Waals surface area contributed by atoms with Gasteiger partial charge in [-0.25, -0.2) is 8.42 Å². The van der Waals surface area contributed by atoms with E-state index in [2.05, 4.69) is 5.32 Å². The molecular formula is C30H35Cl2N3O5S. The summed E-state index contributed by atoms with van der Waals surface area (Å²) >= 11 is 13.0. The predicted molar refractivity (Wildman–Crippen MR) is 164 cm³/mol. The van der Waals surface area contributed by atoms with E-state index in [9.17, 15) is 18.0 Å². The molecule has 0 aliphatic carbocycles. The molecule has 2 atom stereocenters. The minimum absolute atomic E-state index is 0.119. The lowest BCUT2D eigenvalue weighted by molar-refractivity contribution is -0.140. The van der Waals surface area contributed by atoms with E-state index in [1.165, 1.54) is 12.0 Å². The van der Waals surface area contributed by atoms with Crippen LogP contribution < -0.4 is 14.4 Å². The maximum Gasteiger partial charge on any atom is 0.244 e. The number of ether oxygens (including phenoxy) is 1. The summed E-state index contributed by atoms with van der Waals surface area (Å²) in [4.78, 5) is 29.3. The first kappa shape index (κ1) is 32.2. The molecule has 0 saturated carbocycles. The van der Waals surface area contributed by atoms with Gasteiger partial charge in [0.15, 0.2) is 0 Å². The Hall–Kier alpha value is -3.27. The third-order valence-corrected chi connectivity index (χ3v) is 8.53. The molecule has 11 heteroatoms. The first-order chi connectivity index (χ1) is 19.5. The number of carbonyl (C=O) groups excluding carboxylic acids is 2. The fourth-order valence-electron chi connectivity index (χ4n) is 4.28. The van der Waals surface area contributed by atoms with Gasteiger partial charge >= 0.3 is 0 Å². The van der Waals surface area contributed by atoms with Crippen molar-refractivity contribution in [1.82, 2.24) is 10.2 Å². The van der Waals surface area contributed by atoms with Crippen molar-refractivity contribution in [3.63, 3.8) is 0 Å². The Bertz CT molecular complexity index is 1430. The molecule has 0 aromatic heterocycles. The van der Waals surface area contributed by atoms with E-state index in [0.29, 0.717) is 22.0 Å². The molecule has 0 bridgehead atoms. The molecule has 220 valence electrons. The topological polar surface area (TPSA) is 96.0 Å². The third-order valence-electron chi connectivity index (χ3n) is 6.70. The summed E-state index contributed by atoms with van der Waals surface area (Å²) in [5, 5.41) is 3.62. The quantitative estimate of drug-likeness (QED) is 0.279. The molecule has 41 heavy (non-hydrogen) atoms. The number of hydrogen-bond acceptors (Lipinski definition) is 5. The number of hydrogen-bond donors (Lipinski definition) is 1. The Kier molecular flexibility index (Phi) is 11.5. The lowest BCUT2D eigenvalue weighted by Gasteiger charge is -2.34. The fourth-order valence-corrected chi connectivity index (χ4v) is 5.65. The summed E-state index contributed by atoms with van der Waals surface area (Å²) in [6.07, 6.45) is 1.88. The molecule has 0 saturated heterocycles. The number of anilines is 1. The molecule has 0 aliphatic heterocycles. The molecule has 0 spiro atoms. The SMILES string of the molecule is CC[C@H](C)NC(=O)[C@H](Cc1ccccc1)N(Cc1c(Cl)cccc1Cl)C(=O)CN(c1ccccc1OC)S(C)(=O)=O. The molecule has 3 aromatic rings. The van der Waals surface area contributed by atoms with Crippen molar-refractivity contribution in [1.29, 1.82) is 0 Å². The van der Waals surface area contributed by atoms with Crippen molar-refractivity contribution in [3.05, 3.63) is 94.0 Å². The minimum atomic E-state index is -3.94. The van der Waals surface area contributed by atoms with Crippen LogP contribution >= 0.6 is 23.2 Å². The van der Waals surface area contributed by atoms with E-state index < -0.39 is 28.5 Å². The van der Waals surface area contributed by atoms with Crippen LogP contribution in [0.25, 0.3) is 0 Å². The molecule has 1 N–H and O–H groups in total. The predicted octanol–water partition coefficient (Wildman–Crippen LogP) is 5.32. The Morgan fingerprint density at radius 1 is 0.951 bits per heavy atom. The van der Waals surface area contributed by atoms with Gasteiger partial charge in [-0.15, -0.1) is 0 Å². The number of rotatable bonds is 13. The Balaban J connectivity index is 2.13. The van der Waals surface area contributed by atoms with Gasteiger partial charge in [0.25, 0.3) is 0 Å². The highest BCUT2D eigenvalue weighted by molar-refractivity contribution is 7.92. The highest BCUT2D eigenvalue weighted by Crippen LogP contribution is 2.31. The molecule has 0 heterocycles. The van der Waals surface area contributed by atoms with Gasteiger partial charge in [-0.05, 0) is 43.2 Å². The first-order valence-electron chi connectivity index (χ1n) is 13.1. The summed E-state index contributed by atoms with van der Waals surface area (Å²) in [6, 6.07) is 19.6. The van der Waals surface area contributed by atoms with Gasteiger partial charge in [-0.2, -0.15) is 0 Å². The standard InChI is InChI=1S/C30H35Cl2N3O5S/c1-5-21(2)33-30(37)27(18-22-12-7-6-8-13-22)34(19-23-24(31)14-11-15-25(23)32)29(36)20-35(41(4,38)39)26-16-9-10-17-28(26)40-3/h6-17,21,27H,5,18-20H2,1-4H3,(H,33,37)/t21-,27-/m0/s1. The lowest BCUT2D eigenvalue weighted by Crippen LogP contribution is -2.54. The van der Waals surface area contributed by atoms with Crippen molar-refractivity contribution < 1.29 is 22.7 Å². The lowest BCUT2D eigenvalue weighted by atomic mass is 10.0. The number of nitrogens with zero attached hydrogens (tertiary/aromatic N) is 2. The Morgan fingerprint density at radius 2 is 1.56 bits per heavy atom. The number of halogens is 2. The molecule has 0 fully saturated rings. The zero-order chi connectivity index (χ0) is 30.2. The average Bonchev–Trinajstić information content (AvgIpc) is 2.94. The van der Waals surface area contributed by atoms with Crippen LogP contribution in [0, 0.1) is 0 Å². The van der Waals surface area contributed by atoms with Crippen LogP contribution in [-0.2, 0) is 32.6 Å². The van der Waals surface area contributed by atoms with Gasteiger partial charge in [-0.1, -0.05) is 78.7 Å². The van der Waals surface area contributed by atoms with Crippen LogP contribution in [0.15, 0.2) is 72.8 Å². The second-order valence-electron chi connectivity index (χ2n) is 9.69. The summed E-state index contributed by atoms with van der Waals surface area (Å²) in [7, 11) is -2.52. The normalized spacial score (nSPS) is 12.7. The number of nitrogens with one attached hydrogen (secondary N) is 1. The maximum absolute atomic E-state index is 14.2. The van der Waals surface area contributed by atoms with Crippen LogP contribution in [0.4, 0.5) is 5.69 Å². The van der Waals surface area contributed by atoms with Gasteiger partial charge in [0, 0.05) is 34.6 Å². The summed E-state index contributed by atoms with van der Waals surface area (Å²) in [5.41, 5.74) is 1.47. The van der Waals surface area contributed by atoms with Gasteiger partial charge in [0.2, 0.25) is 21.8 Å². The molecule has 2 amide bonds. The van der Waals surface area contributed by atoms with Crippen molar-refractivity contribution in [2.75, 3.05) is 24.2 Å². The Morgan fingerprint density at radius 3 is 2.15 bits per heavy atom. The van der Waals surface area contributed by atoms with E-state index in [0.717, 1.165) is 16.1 Å². The van der Waals surface area contributed by atoms with Gasteiger partial charge in [0.05, 0.1) is 19.1 Å². The molecule has 8 nitrogen and oxygen atoms in total. The molecule has 0 unspecified atom stereocenters. The van der Waals surface area contributed by atoms with Crippen LogP contribution in [-0.4, -0.2) is 57.1 Å². The highest BCUT2D eigenvalue weighted by Gasteiger charge is 2.34. The number of methoxy groups -OCH3 is 1. The molecule has 0 aliphatic rings. The van der Waals surface area contributed by atoms with E-state index in [1.807, 2.05) is 44.2 Å². The number of carbonyl (C=O) groups is 2. The van der Waals surface area contributed by atoms with Gasteiger partial charge < -0.3 is 15.0 Å². The van der Waals surface area contributed by atoms with E-state index >= 15 is 0 Å². The zero-order valence-electron chi connectivity index (χ0n) is 23.5. The van der Waals surface area contributed by atoms with Crippen LogP contribution in [0.5, 0.6) is 5.75 Å². The van der Waals surface area contributed by atoms with E-state index in [1.54, 1.807) is 42.5 Å². The smallest absolute Gasteiger partial charge is 0.244 e. The van der Waals surface area contributed by atoms with Crippen molar-refractivity contribution in [2.24, 2.45) is 0 Å². The van der Waals surface area contributed by atoms with Crippen LogP contribution in [0.3, 0.4) is 0 Å². The second kappa shape index (κ2) is 14.6. The molecule has 0 radical (unpaired) electrons. The van der Waals surface area contributed by atoms with Crippen LogP contribution in [0.2, 0.25) is 10.0 Å². The largest absolute Gasteiger partial charge is 0.495 e. The monoisotopic (exact) mass is 619 g/mol. The molecular weight excluding hydrogens is 585 g/mol. The average molecular weight is 621 g/mol. The van der Waals surface area contributed by atoms with E-state index in [4.69, 9.17) is 27.9 Å². The minimum Gasteiger partial charge on any atom is -0.495 e. The van der Waals surface area contributed by atoms with Crippen molar-refractivity contribution in [2.45, 2.75) is 45.3 Å². The summed E-state index contributed by atoms with van der Waals surface area (Å²) in [6.45, 7) is 3.12. The van der Waals surface area contributed by atoms with Crippen molar-refractivity contribution in [3.8, 4) is 5.75 Å². The number of sulfonamides is 1. The summed E-state index contributed by atoms with van der Waals surface area (Å²) in [5.74, 6) is -0.706. The zero-order valence-corrected chi connectivity index (χ0v) is 25.8. The van der Waals surface area contributed by atoms with Gasteiger partial charge in [-0.3, -0.25) is 13.9 Å². The number of para-hydroxylation sites is 2.